The lowest BCUT2D eigenvalue weighted by atomic mass is 9.94. The molecule has 1 aromatic heterocycles. The summed E-state index contributed by atoms with van der Waals surface area (Å²) in [5.74, 6) is -0.114. The first-order valence-corrected chi connectivity index (χ1v) is 7.37. The van der Waals surface area contributed by atoms with Gasteiger partial charge < -0.3 is 5.32 Å². The minimum absolute atomic E-state index is 0.114. The van der Waals surface area contributed by atoms with E-state index >= 15 is 0 Å². The molecular formula is C18H23N3O. The third-order valence-corrected chi connectivity index (χ3v) is 3.90. The fraction of sp³-hybridized carbons (Fsp3) is 0.333. The second-order valence-corrected chi connectivity index (χ2v) is 6.02. The Morgan fingerprint density at radius 1 is 1.23 bits per heavy atom. The van der Waals surface area contributed by atoms with Crippen LogP contribution in [0.15, 0.2) is 36.4 Å². The van der Waals surface area contributed by atoms with Crippen molar-refractivity contribution in [1.29, 1.82) is 0 Å². The van der Waals surface area contributed by atoms with Crippen molar-refractivity contribution >= 4 is 12.0 Å². The van der Waals surface area contributed by atoms with Crippen molar-refractivity contribution in [3.8, 4) is 0 Å². The molecule has 0 spiro atoms. The minimum atomic E-state index is -0.415. The Hall–Kier alpha value is -2.36. The van der Waals surface area contributed by atoms with Crippen molar-refractivity contribution < 1.29 is 4.79 Å². The second kappa shape index (κ2) is 6.18. The quantitative estimate of drug-likeness (QED) is 0.882. The first-order chi connectivity index (χ1) is 10.3. The van der Waals surface area contributed by atoms with Crippen LogP contribution in [-0.2, 0) is 17.4 Å². The topological polar surface area (TPSA) is 46.9 Å². The predicted octanol–water partition coefficient (Wildman–Crippen LogP) is 3.10. The van der Waals surface area contributed by atoms with Gasteiger partial charge in [-0.3, -0.25) is 9.48 Å². The van der Waals surface area contributed by atoms with Gasteiger partial charge in [-0.05, 0) is 39.3 Å². The van der Waals surface area contributed by atoms with Crippen LogP contribution in [0.2, 0.25) is 0 Å². The first-order valence-electron chi connectivity index (χ1n) is 7.37. The Morgan fingerprint density at radius 2 is 1.86 bits per heavy atom. The highest BCUT2D eigenvalue weighted by atomic mass is 16.1. The maximum Gasteiger partial charge on any atom is 0.244 e. The zero-order chi connectivity index (χ0) is 16.3. The van der Waals surface area contributed by atoms with Crippen LogP contribution in [0.5, 0.6) is 0 Å². The number of hydrogen-bond acceptors (Lipinski definition) is 2. The number of nitrogens with one attached hydrogen (secondary N) is 1. The Morgan fingerprint density at radius 3 is 2.41 bits per heavy atom. The molecule has 4 nitrogen and oxygen atoms in total. The number of amides is 1. The van der Waals surface area contributed by atoms with E-state index in [2.05, 4.69) is 10.4 Å². The van der Waals surface area contributed by atoms with Crippen LogP contribution < -0.4 is 5.32 Å². The van der Waals surface area contributed by atoms with E-state index in [0.29, 0.717) is 0 Å². The highest BCUT2D eigenvalue weighted by Crippen LogP contribution is 2.19. The lowest BCUT2D eigenvalue weighted by molar-refractivity contribution is -0.118. The lowest BCUT2D eigenvalue weighted by Crippen LogP contribution is -2.40. The van der Waals surface area contributed by atoms with E-state index in [-0.39, 0.29) is 5.91 Å². The van der Waals surface area contributed by atoms with Crippen LogP contribution in [0.25, 0.3) is 6.08 Å². The number of nitrogens with zero attached hydrogens (tertiary/aromatic N) is 2. The summed E-state index contributed by atoms with van der Waals surface area (Å²) in [5.41, 5.74) is 3.62. The van der Waals surface area contributed by atoms with Gasteiger partial charge in [0, 0.05) is 24.4 Å². The minimum Gasteiger partial charge on any atom is -0.344 e. The van der Waals surface area contributed by atoms with Crippen molar-refractivity contribution in [3.63, 3.8) is 0 Å². The van der Waals surface area contributed by atoms with Crippen LogP contribution in [0.3, 0.4) is 0 Å². The molecule has 1 aromatic carbocycles. The Kier molecular flexibility index (Phi) is 4.50. The monoisotopic (exact) mass is 297 g/mol. The molecule has 0 atom stereocenters. The van der Waals surface area contributed by atoms with Gasteiger partial charge in [0.15, 0.2) is 0 Å². The van der Waals surface area contributed by atoms with E-state index in [1.165, 1.54) is 0 Å². The highest BCUT2D eigenvalue weighted by Gasteiger charge is 2.21. The van der Waals surface area contributed by atoms with Crippen molar-refractivity contribution in [3.05, 3.63) is 58.9 Å². The van der Waals surface area contributed by atoms with Gasteiger partial charge in [0.1, 0.15) is 0 Å². The molecule has 1 heterocycles. The molecule has 0 fully saturated rings. The van der Waals surface area contributed by atoms with Gasteiger partial charge in [-0.2, -0.15) is 5.10 Å². The fourth-order valence-electron chi connectivity index (χ4n) is 2.47. The number of carbonyl (C=O) groups excluding carboxylic acids is 1. The number of aromatic nitrogens is 2. The maximum atomic E-state index is 12.2. The van der Waals surface area contributed by atoms with E-state index in [0.717, 1.165) is 22.5 Å². The second-order valence-electron chi connectivity index (χ2n) is 6.02. The maximum absolute atomic E-state index is 12.2. The predicted molar refractivity (Wildman–Crippen MR) is 89.3 cm³/mol. The van der Waals surface area contributed by atoms with E-state index in [4.69, 9.17) is 0 Å². The Balaban J connectivity index is 2.11. The number of rotatable bonds is 4. The summed E-state index contributed by atoms with van der Waals surface area (Å²) < 4.78 is 1.82. The largest absolute Gasteiger partial charge is 0.344 e. The van der Waals surface area contributed by atoms with Gasteiger partial charge in [-0.15, -0.1) is 0 Å². The summed E-state index contributed by atoms with van der Waals surface area (Å²) in [6, 6.07) is 9.94. The van der Waals surface area contributed by atoms with Crippen molar-refractivity contribution in [1.82, 2.24) is 15.1 Å². The third-order valence-electron chi connectivity index (χ3n) is 3.90. The summed E-state index contributed by atoms with van der Waals surface area (Å²) in [4.78, 5) is 12.2. The van der Waals surface area contributed by atoms with Crippen LogP contribution in [-0.4, -0.2) is 15.7 Å². The SMILES string of the molecule is Cc1nn(C)c(C)c1/C=C/C(=O)NC(C)(C)c1ccccc1. The van der Waals surface area contributed by atoms with Gasteiger partial charge in [0.25, 0.3) is 0 Å². The molecule has 1 amide bonds. The van der Waals surface area contributed by atoms with Gasteiger partial charge >= 0.3 is 0 Å². The summed E-state index contributed by atoms with van der Waals surface area (Å²) in [7, 11) is 1.90. The standard InChI is InChI=1S/C18H23N3O/c1-13-16(14(2)21(5)20-13)11-12-17(22)19-18(3,4)15-9-7-6-8-10-15/h6-12H,1-5H3,(H,19,22)/b12-11+. The summed E-state index contributed by atoms with van der Waals surface area (Å²) >= 11 is 0. The molecule has 0 aliphatic heterocycles. The first kappa shape index (κ1) is 16.0. The zero-order valence-corrected chi connectivity index (χ0v) is 13.8. The Bertz CT molecular complexity index is 697. The zero-order valence-electron chi connectivity index (χ0n) is 13.8. The molecule has 0 aliphatic carbocycles. The molecule has 22 heavy (non-hydrogen) atoms. The average molecular weight is 297 g/mol. The summed E-state index contributed by atoms with van der Waals surface area (Å²) in [6.07, 6.45) is 3.40. The van der Waals surface area contributed by atoms with Gasteiger partial charge in [0.2, 0.25) is 5.91 Å². The third kappa shape index (κ3) is 3.45. The van der Waals surface area contributed by atoms with Gasteiger partial charge in [-0.25, -0.2) is 0 Å². The van der Waals surface area contributed by atoms with Crippen LogP contribution in [0.1, 0.15) is 36.4 Å². The van der Waals surface area contributed by atoms with Crippen LogP contribution in [0.4, 0.5) is 0 Å². The molecule has 1 N–H and O–H groups in total. The molecule has 4 heteroatoms. The molecule has 0 unspecified atom stereocenters. The van der Waals surface area contributed by atoms with Gasteiger partial charge in [-0.1, -0.05) is 30.3 Å². The number of carbonyl (C=O) groups is 1. The van der Waals surface area contributed by atoms with Crippen molar-refractivity contribution in [2.24, 2.45) is 7.05 Å². The molecule has 0 radical (unpaired) electrons. The molecule has 0 saturated heterocycles. The van der Waals surface area contributed by atoms with Crippen molar-refractivity contribution in [2.75, 3.05) is 0 Å². The molecule has 2 rings (SSSR count). The molecule has 116 valence electrons. The number of hydrogen-bond donors (Lipinski definition) is 1. The van der Waals surface area contributed by atoms with E-state index in [1.54, 1.807) is 6.08 Å². The molecular weight excluding hydrogens is 274 g/mol. The summed E-state index contributed by atoms with van der Waals surface area (Å²) in [6.45, 7) is 7.92. The molecule has 2 aromatic rings. The van der Waals surface area contributed by atoms with Crippen LogP contribution >= 0.6 is 0 Å². The van der Waals surface area contributed by atoms with Crippen LogP contribution in [0, 0.1) is 13.8 Å². The van der Waals surface area contributed by atoms with Crippen molar-refractivity contribution in [2.45, 2.75) is 33.2 Å². The molecule has 0 saturated carbocycles. The molecule has 0 bridgehead atoms. The van der Waals surface area contributed by atoms with E-state index in [1.807, 2.05) is 75.8 Å². The Labute approximate surface area is 131 Å². The average Bonchev–Trinajstić information content (AvgIpc) is 2.71. The smallest absolute Gasteiger partial charge is 0.244 e. The normalized spacial score (nSPS) is 11.9. The number of benzene rings is 1. The summed E-state index contributed by atoms with van der Waals surface area (Å²) in [5, 5.41) is 7.38. The van der Waals surface area contributed by atoms with Gasteiger partial charge in [0.05, 0.1) is 11.2 Å². The highest BCUT2D eigenvalue weighted by molar-refractivity contribution is 5.92. The lowest BCUT2D eigenvalue weighted by Gasteiger charge is -2.26. The number of aryl methyl sites for hydroxylation is 2. The van der Waals surface area contributed by atoms with E-state index < -0.39 is 5.54 Å². The fourth-order valence-corrected chi connectivity index (χ4v) is 2.47. The molecule has 0 aliphatic rings. The van der Waals surface area contributed by atoms with E-state index in [9.17, 15) is 4.79 Å².